The summed E-state index contributed by atoms with van der Waals surface area (Å²) in [4.78, 5) is 16.0. The fourth-order valence-electron chi connectivity index (χ4n) is 1.93. The number of aromatic nitrogens is 3. The van der Waals surface area contributed by atoms with Crippen molar-refractivity contribution in [3.8, 4) is 5.69 Å². The number of anilines is 1. The molecule has 3 rings (SSSR count). The quantitative estimate of drug-likeness (QED) is 0.727. The van der Waals surface area contributed by atoms with Gasteiger partial charge in [-0.25, -0.2) is 14.1 Å². The number of hydrogen-bond donors (Lipinski definition) is 1. The molecule has 1 heterocycles. The first kappa shape index (κ1) is 15.5. The fourth-order valence-corrected chi connectivity index (χ4v) is 2.40. The highest BCUT2D eigenvalue weighted by Gasteiger charge is 2.14. The van der Waals surface area contributed by atoms with Crippen molar-refractivity contribution in [1.82, 2.24) is 14.8 Å². The fraction of sp³-hybridized carbons (Fsp3) is 0. The van der Waals surface area contributed by atoms with Crippen LogP contribution in [0, 0.1) is 5.82 Å². The minimum Gasteiger partial charge on any atom is -0.322 e. The van der Waals surface area contributed by atoms with Gasteiger partial charge in [0.25, 0.3) is 5.91 Å². The summed E-state index contributed by atoms with van der Waals surface area (Å²) in [6, 6.07) is 9.10. The van der Waals surface area contributed by atoms with E-state index in [0.29, 0.717) is 5.69 Å². The number of hydrogen-bond acceptors (Lipinski definition) is 3. The Labute approximate surface area is 140 Å². The number of carbonyl (C=O) groups excluding carboxylic acids is 1. The summed E-state index contributed by atoms with van der Waals surface area (Å²) in [5, 5.41) is 6.58. The Hall–Kier alpha value is -2.44. The van der Waals surface area contributed by atoms with Crippen LogP contribution in [0.4, 0.5) is 10.1 Å². The van der Waals surface area contributed by atoms with Gasteiger partial charge in [-0.15, -0.1) is 0 Å². The number of nitrogens with zero attached hydrogens (tertiary/aromatic N) is 3. The number of nitrogens with one attached hydrogen (secondary N) is 1. The van der Waals surface area contributed by atoms with Crippen LogP contribution in [-0.2, 0) is 0 Å². The van der Waals surface area contributed by atoms with Crippen molar-refractivity contribution in [3.05, 3.63) is 70.5 Å². The maximum absolute atomic E-state index is 13.5. The van der Waals surface area contributed by atoms with E-state index in [9.17, 15) is 9.18 Å². The maximum Gasteiger partial charge on any atom is 0.257 e. The minimum atomic E-state index is -0.706. The molecule has 0 aliphatic rings. The van der Waals surface area contributed by atoms with Gasteiger partial charge in [0.2, 0.25) is 0 Å². The summed E-state index contributed by atoms with van der Waals surface area (Å²) < 4.78 is 15.1. The molecule has 0 radical (unpaired) electrons. The predicted molar refractivity (Wildman–Crippen MR) is 85.7 cm³/mol. The van der Waals surface area contributed by atoms with Crippen molar-refractivity contribution in [2.75, 3.05) is 5.32 Å². The lowest BCUT2D eigenvalue weighted by Gasteiger charge is -2.08. The molecule has 0 saturated carbocycles. The molecule has 0 bridgehead atoms. The standard InChI is InChI=1S/C15H9Cl2FN4O/c16-12-6-13(17)14(18)5-11(12)15(23)21-9-1-3-10(4-2-9)22-8-19-7-20-22/h1-8H,(H,21,23). The Morgan fingerprint density at radius 1 is 1.13 bits per heavy atom. The second-order valence-corrected chi connectivity index (χ2v) is 5.40. The van der Waals surface area contributed by atoms with Crippen LogP contribution in [0.3, 0.4) is 0 Å². The predicted octanol–water partition coefficient (Wildman–Crippen LogP) is 3.97. The first-order valence-corrected chi connectivity index (χ1v) is 7.21. The molecule has 1 aromatic heterocycles. The van der Waals surface area contributed by atoms with Gasteiger partial charge in [0.1, 0.15) is 18.5 Å². The van der Waals surface area contributed by atoms with Crippen LogP contribution in [0.15, 0.2) is 49.1 Å². The topological polar surface area (TPSA) is 59.8 Å². The van der Waals surface area contributed by atoms with E-state index in [0.717, 1.165) is 11.8 Å². The van der Waals surface area contributed by atoms with E-state index in [4.69, 9.17) is 23.2 Å². The van der Waals surface area contributed by atoms with Gasteiger partial charge in [-0.1, -0.05) is 23.2 Å². The smallest absolute Gasteiger partial charge is 0.257 e. The van der Waals surface area contributed by atoms with Gasteiger partial charge in [0.15, 0.2) is 0 Å². The van der Waals surface area contributed by atoms with Gasteiger partial charge in [0, 0.05) is 5.69 Å². The van der Waals surface area contributed by atoms with Crippen molar-refractivity contribution in [2.45, 2.75) is 0 Å². The van der Waals surface area contributed by atoms with Gasteiger partial charge in [-0.05, 0) is 36.4 Å². The van der Waals surface area contributed by atoms with Gasteiger partial charge in [-0.2, -0.15) is 5.10 Å². The highest BCUT2D eigenvalue weighted by atomic mass is 35.5. The lowest BCUT2D eigenvalue weighted by molar-refractivity contribution is 0.102. The summed E-state index contributed by atoms with van der Waals surface area (Å²) in [5.41, 5.74) is 1.33. The largest absolute Gasteiger partial charge is 0.322 e. The third-order valence-electron chi connectivity index (χ3n) is 3.06. The van der Waals surface area contributed by atoms with Crippen LogP contribution in [0.2, 0.25) is 10.0 Å². The zero-order chi connectivity index (χ0) is 16.4. The van der Waals surface area contributed by atoms with Crippen LogP contribution in [-0.4, -0.2) is 20.7 Å². The first-order chi connectivity index (χ1) is 11.0. The highest BCUT2D eigenvalue weighted by molar-refractivity contribution is 6.37. The Morgan fingerprint density at radius 2 is 1.87 bits per heavy atom. The molecule has 5 nitrogen and oxygen atoms in total. The van der Waals surface area contributed by atoms with Gasteiger partial charge < -0.3 is 5.32 Å². The van der Waals surface area contributed by atoms with Crippen LogP contribution in [0.1, 0.15) is 10.4 Å². The molecular weight excluding hydrogens is 342 g/mol. The van der Waals surface area contributed by atoms with Crippen LogP contribution in [0.5, 0.6) is 0 Å². The van der Waals surface area contributed by atoms with Gasteiger partial charge in [0.05, 0.1) is 21.3 Å². The number of rotatable bonds is 3. The monoisotopic (exact) mass is 350 g/mol. The van der Waals surface area contributed by atoms with Crippen LogP contribution in [0.25, 0.3) is 5.69 Å². The minimum absolute atomic E-state index is 0.00826. The molecule has 0 fully saturated rings. The molecule has 0 aliphatic carbocycles. The molecule has 1 amide bonds. The number of benzene rings is 2. The van der Waals surface area contributed by atoms with E-state index in [1.807, 2.05) is 0 Å². The molecule has 116 valence electrons. The third-order valence-corrected chi connectivity index (χ3v) is 3.67. The Bertz CT molecular complexity index is 851. The summed E-state index contributed by atoms with van der Waals surface area (Å²) in [6.45, 7) is 0. The van der Waals surface area contributed by atoms with E-state index < -0.39 is 11.7 Å². The summed E-state index contributed by atoms with van der Waals surface area (Å²) >= 11 is 11.5. The molecule has 0 saturated heterocycles. The Balaban J connectivity index is 1.79. The van der Waals surface area contributed by atoms with Crippen molar-refractivity contribution in [3.63, 3.8) is 0 Å². The van der Waals surface area contributed by atoms with Gasteiger partial charge in [-0.3, -0.25) is 4.79 Å². The van der Waals surface area contributed by atoms with E-state index in [1.54, 1.807) is 35.3 Å². The Morgan fingerprint density at radius 3 is 2.52 bits per heavy atom. The second-order valence-electron chi connectivity index (χ2n) is 4.59. The lowest BCUT2D eigenvalue weighted by Crippen LogP contribution is -2.13. The zero-order valence-electron chi connectivity index (χ0n) is 11.5. The highest BCUT2D eigenvalue weighted by Crippen LogP contribution is 2.25. The molecule has 0 spiro atoms. The normalized spacial score (nSPS) is 10.6. The van der Waals surface area contributed by atoms with E-state index >= 15 is 0 Å². The number of amides is 1. The average Bonchev–Trinajstić information content (AvgIpc) is 3.06. The van der Waals surface area contributed by atoms with Crippen molar-refractivity contribution in [2.24, 2.45) is 0 Å². The summed E-state index contributed by atoms with van der Waals surface area (Å²) in [5.74, 6) is -1.23. The summed E-state index contributed by atoms with van der Waals surface area (Å²) in [6.07, 6.45) is 2.98. The number of halogens is 3. The average molecular weight is 351 g/mol. The molecular formula is C15H9Cl2FN4O. The van der Waals surface area contributed by atoms with E-state index in [-0.39, 0.29) is 15.6 Å². The molecule has 2 aromatic carbocycles. The zero-order valence-corrected chi connectivity index (χ0v) is 13.0. The van der Waals surface area contributed by atoms with Crippen molar-refractivity contribution in [1.29, 1.82) is 0 Å². The third kappa shape index (κ3) is 3.33. The Kier molecular flexibility index (Phi) is 4.27. The molecule has 23 heavy (non-hydrogen) atoms. The molecule has 3 aromatic rings. The lowest BCUT2D eigenvalue weighted by atomic mass is 10.2. The van der Waals surface area contributed by atoms with E-state index in [2.05, 4.69) is 15.4 Å². The molecule has 0 atom stereocenters. The van der Waals surface area contributed by atoms with Crippen LogP contribution >= 0.6 is 23.2 Å². The van der Waals surface area contributed by atoms with Crippen molar-refractivity contribution >= 4 is 34.8 Å². The molecule has 0 aliphatic heterocycles. The first-order valence-electron chi connectivity index (χ1n) is 6.45. The number of carbonyl (C=O) groups is 1. The molecule has 1 N–H and O–H groups in total. The second kappa shape index (κ2) is 6.36. The van der Waals surface area contributed by atoms with Gasteiger partial charge >= 0.3 is 0 Å². The summed E-state index contributed by atoms with van der Waals surface area (Å²) in [7, 11) is 0. The molecule has 8 heteroatoms. The maximum atomic E-state index is 13.5. The van der Waals surface area contributed by atoms with E-state index in [1.165, 1.54) is 12.4 Å². The molecule has 0 unspecified atom stereocenters. The van der Waals surface area contributed by atoms with Crippen LogP contribution < -0.4 is 5.32 Å². The van der Waals surface area contributed by atoms with Crippen molar-refractivity contribution < 1.29 is 9.18 Å². The SMILES string of the molecule is O=C(Nc1ccc(-n2cncn2)cc1)c1cc(F)c(Cl)cc1Cl.